The molecule has 0 aromatic heterocycles. The first kappa shape index (κ1) is 17.7. The number of carbonyl (C=O) groups excluding carboxylic acids is 1. The zero-order chi connectivity index (χ0) is 13.7. The Labute approximate surface area is 140 Å². The van der Waals surface area contributed by atoms with E-state index in [-0.39, 0.29) is 18.3 Å². The predicted octanol–water partition coefficient (Wildman–Crippen LogP) is 3.68. The second-order valence-electron chi connectivity index (χ2n) is 5.33. The van der Waals surface area contributed by atoms with E-state index >= 15 is 0 Å². The van der Waals surface area contributed by atoms with Crippen molar-refractivity contribution < 1.29 is 4.79 Å². The molecule has 0 spiro atoms. The summed E-state index contributed by atoms with van der Waals surface area (Å²) in [7, 11) is 0. The normalized spacial score (nSPS) is 17.1. The summed E-state index contributed by atoms with van der Waals surface area (Å²) in [4.78, 5) is 12.0. The molecule has 3 nitrogen and oxygen atoms in total. The van der Waals surface area contributed by atoms with Gasteiger partial charge in [-0.1, -0.05) is 13.0 Å². The summed E-state index contributed by atoms with van der Waals surface area (Å²) in [6, 6.07) is 7.92. The monoisotopic (exact) mass is 408 g/mol. The number of rotatable bonds is 4. The number of anilines is 1. The van der Waals surface area contributed by atoms with Crippen LogP contribution >= 0.6 is 35.0 Å². The highest BCUT2D eigenvalue weighted by atomic mass is 127. The summed E-state index contributed by atoms with van der Waals surface area (Å²) in [5.74, 6) is 1.28. The Hall–Kier alpha value is -0.330. The van der Waals surface area contributed by atoms with E-state index in [0.717, 1.165) is 22.3 Å². The van der Waals surface area contributed by atoms with Gasteiger partial charge >= 0.3 is 0 Å². The molecule has 20 heavy (non-hydrogen) atoms. The fraction of sp³-hybridized carbons (Fsp3) is 0.533. The molecule has 1 aromatic rings. The molecule has 0 saturated carbocycles. The summed E-state index contributed by atoms with van der Waals surface area (Å²) < 4.78 is 1.14. The third kappa shape index (κ3) is 5.58. The standard InChI is InChI=1S/C15H21IN2O.ClH/c1-11(12-5-7-17-8-6-12)9-15(19)18-14-4-2-3-13(16)10-14;/h2-4,10-12,17H,5-9H2,1H3,(H,18,19);1H. The van der Waals surface area contributed by atoms with Gasteiger partial charge in [0.05, 0.1) is 0 Å². The fourth-order valence-electron chi connectivity index (χ4n) is 2.65. The predicted molar refractivity (Wildman–Crippen MR) is 94.4 cm³/mol. The van der Waals surface area contributed by atoms with Crippen LogP contribution in [0, 0.1) is 15.4 Å². The first-order chi connectivity index (χ1) is 9.15. The molecule has 1 amide bonds. The number of hydrogen-bond acceptors (Lipinski definition) is 2. The van der Waals surface area contributed by atoms with Crippen molar-refractivity contribution in [3.8, 4) is 0 Å². The van der Waals surface area contributed by atoms with E-state index in [0.29, 0.717) is 18.3 Å². The minimum atomic E-state index is 0. The molecule has 0 radical (unpaired) electrons. The molecule has 1 heterocycles. The summed E-state index contributed by atoms with van der Waals surface area (Å²) in [5.41, 5.74) is 0.898. The van der Waals surface area contributed by atoms with Crippen LogP contribution in [-0.2, 0) is 4.79 Å². The Balaban J connectivity index is 0.00000200. The number of piperidine rings is 1. The van der Waals surface area contributed by atoms with E-state index in [9.17, 15) is 4.79 Å². The van der Waals surface area contributed by atoms with Crippen molar-refractivity contribution >= 4 is 46.6 Å². The van der Waals surface area contributed by atoms with Crippen LogP contribution in [0.25, 0.3) is 0 Å². The average molecular weight is 409 g/mol. The van der Waals surface area contributed by atoms with Crippen molar-refractivity contribution in [3.05, 3.63) is 27.8 Å². The number of hydrogen-bond donors (Lipinski definition) is 2. The minimum absolute atomic E-state index is 0. The van der Waals surface area contributed by atoms with Crippen molar-refractivity contribution in [2.45, 2.75) is 26.2 Å². The fourth-order valence-corrected chi connectivity index (χ4v) is 3.19. The molecule has 1 atom stereocenters. The third-order valence-electron chi connectivity index (χ3n) is 3.80. The molecule has 1 aliphatic rings. The molecule has 1 saturated heterocycles. The van der Waals surface area contributed by atoms with E-state index in [1.54, 1.807) is 0 Å². The number of halogens is 2. The smallest absolute Gasteiger partial charge is 0.224 e. The van der Waals surface area contributed by atoms with E-state index in [1.165, 1.54) is 12.8 Å². The maximum atomic E-state index is 12.0. The molecule has 5 heteroatoms. The van der Waals surface area contributed by atoms with Gasteiger partial charge in [-0.05, 0) is 78.6 Å². The summed E-state index contributed by atoms with van der Waals surface area (Å²) >= 11 is 2.25. The van der Waals surface area contributed by atoms with Gasteiger partial charge < -0.3 is 10.6 Å². The molecular formula is C15H22ClIN2O. The lowest BCUT2D eigenvalue weighted by atomic mass is 9.84. The SMILES string of the molecule is CC(CC(=O)Nc1cccc(I)c1)C1CCNCC1.Cl. The van der Waals surface area contributed by atoms with Crippen LogP contribution in [0.15, 0.2) is 24.3 Å². The van der Waals surface area contributed by atoms with E-state index in [4.69, 9.17) is 0 Å². The van der Waals surface area contributed by atoms with Gasteiger partial charge in [-0.15, -0.1) is 12.4 Å². The Bertz CT molecular complexity index is 436. The maximum Gasteiger partial charge on any atom is 0.224 e. The van der Waals surface area contributed by atoms with Gasteiger partial charge in [0.25, 0.3) is 0 Å². The van der Waals surface area contributed by atoms with E-state index < -0.39 is 0 Å². The summed E-state index contributed by atoms with van der Waals surface area (Å²) in [5, 5.41) is 6.36. The minimum Gasteiger partial charge on any atom is -0.326 e. The van der Waals surface area contributed by atoms with Gasteiger partial charge in [0.1, 0.15) is 0 Å². The zero-order valence-corrected chi connectivity index (χ0v) is 14.7. The molecule has 2 N–H and O–H groups in total. The van der Waals surface area contributed by atoms with Crippen LogP contribution in [0.4, 0.5) is 5.69 Å². The lowest BCUT2D eigenvalue weighted by Crippen LogP contribution is -2.32. The lowest BCUT2D eigenvalue weighted by Gasteiger charge is -2.27. The van der Waals surface area contributed by atoms with Crippen molar-refractivity contribution in [3.63, 3.8) is 0 Å². The van der Waals surface area contributed by atoms with Crippen LogP contribution in [0.3, 0.4) is 0 Å². The average Bonchev–Trinajstić information content (AvgIpc) is 2.39. The highest BCUT2D eigenvalue weighted by molar-refractivity contribution is 14.1. The third-order valence-corrected chi connectivity index (χ3v) is 4.48. The molecule has 0 bridgehead atoms. The molecule has 1 aliphatic heterocycles. The number of amides is 1. The van der Waals surface area contributed by atoms with E-state index in [2.05, 4.69) is 40.1 Å². The van der Waals surface area contributed by atoms with Gasteiger partial charge in [0.2, 0.25) is 5.91 Å². The second-order valence-corrected chi connectivity index (χ2v) is 6.57. The van der Waals surface area contributed by atoms with Gasteiger partial charge in [-0.25, -0.2) is 0 Å². The Morgan fingerprint density at radius 1 is 1.45 bits per heavy atom. The van der Waals surface area contributed by atoms with Crippen molar-refractivity contribution in [1.82, 2.24) is 5.32 Å². The van der Waals surface area contributed by atoms with E-state index in [1.807, 2.05) is 24.3 Å². The topological polar surface area (TPSA) is 41.1 Å². The van der Waals surface area contributed by atoms with Gasteiger partial charge in [0, 0.05) is 15.7 Å². The maximum absolute atomic E-state index is 12.0. The molecule has 112 valence electrons. The zero-order valence-electron chi connectivity index (χ0n) is 11.7. The quantitative estimate of drug-likeness (QED) is 0.746. The number of carbonyl (C=O) groups is 1. The molecule has 1 fully saturated rings. The number of nitrogens with one attached hydrogen (secondary N) is 2. The highest BCUT2D eigenvalue weighted by Crippen LogP contribution is 2.24. The van der Waals surface area contributed by atoms with Crippen molar-refractivity contribution in [1.29, 1.82) is 0 Å². The highest BCUT2D eigenvalue weighted by Gasteiger charge is 2.21. The van der Waals surface area contributed by atoms with Gasteiger partial charge in [0.15, 0.2) is 0 Å². The van der Waals surface area contributed by atoms with Crippen molar-refractivity contribution in [2.75, 3.05) is 18.4 Å². The van der Waals surface area contributed by atoms with Crippen LogP contribution < -0.4 is 10.6 Å². The van der Waals surface area contributed by atoms with Crippen molar-refractivity contribution in [2.24, 2.45) is 11.8 Å². The first-order valence-corrected chi connectivity index (χ1v) is 7.99. The molecule has 2 rings (SSSR count). The second kappa shape index (κ2) is 8.85. The summed E-state index contributed by atoms with van der Waals surface area (Å²) in [6.45, 7) is 4.38. The summed E-state index contributed by atoms with van der Waals surface area (Å²) in [6.07, 6.45) is 3.01. The van der Waals surface area contributed by atoms with Crippen LogP contribution in [0.5, 0.6) is 0 Å². The molecule has 0 aliphatic carbocycles. The Kier molecular flexibility index (Phi) is 7.84. The largest absolute Gasteiger partial charge is 0.326 e. The van der Waals surface area contributed by atoms with Gasteiger partial charge in [-0.3, -0.25) is 4.79 Å². The Morgan fingerprint density at radius 3 is 2.80 bits per heavy atom. The first-order valence-electron chi connectivity index (χ1n) is 6.91. The van der Waals surface area contributed by atoms with Crippen LogP contribution in [0.2, 0.25) is 0 Å². The lowest BCUT2D eigenvalue weighted by molar-refractivity contribution is -0.117. The Morgan fingerprint density at radius 2 is 2.15 bits per heavy atom. The van der Waals surface area contributed by atoms with Crippen LogP contribution in [-0.4, -0.2) is 19.0 Å². The molecular weight excluding hydrogens is 387 g/mol. The molecule has 1 aromatic carbocycles. The number of benzene rings is 1. The molecule has 1 unspecified atom stereocenters. The van der Waals surface area contributed by atoms with Crippen LogP contribution in [0.1, 0.15) is 26.2 Å². The van der Waals surface area contributed by atoms with Gasteiger partial charge in [-0.2, -0.15) is 0 Å².